The number of rotatable bonds is 3. The summed E-state index contributed by atoms with van der Waals surface area (Å²) in [6.45, 7) is 0. The molecule has 0 fully saturated rings. The highest BCUT2D eigenvalue weighted by atomic mass is 79.9. The lowest BCUT2D eigenvalue weighted by Crippen LogP contribution is -2.12. The first-order chi connectivity index (χ1) is 8.08. The third kappa shape index (κ3) is 3.16. The maximum absolute atomic E-state index is 13.3. The molecule has 0 aliphatic heterocycles. The van der Waals surface area contributed by atoms with Crippen LogP contribution in [0.15, 0.2) is 37.9 Å². The first-order valence-electron chi connectivity index (χ1n) is 5.00. The summed E-state index contributed by atoms with van der Waals surface area (Å²) in [5, 5.41) is 2.02. The van der Waals surface area contributed by atoms with Gasteiger partial charge >= 0.3 is 0 Å². The second-order valence-corrected chi connectivity index (χ2v) is 6.79. The topological polar surface area (TPSA) is 26.0 Å². The molecule has 0 saturated carbocycles. The van der Waals surface area contributed by atoms with Crippen LogP contribution < -0.4 is 5.73 Å². The van der Waals surface area contributed by atoms with Gasteiger partial charge in [-0.1, -0.05) is 12.1 Å². The summed E-state index contributed by atoms with van der Waals surface area (Å²) in [5.41, 5.74) is 8.06. The van der Waals surface area contributed by atoms with Crippen molar-refractivity contribution in [2.24, 2.45) is 5.73 Å². The molecule has 2 aromatic rings. The van der Waals surface area contributed by atoms with Crippen LogP contribution >= 0.6 is 43.2 Å². The molecule has 0 spiro atoms. The fourth-order valence-electron chi connectivity index (χ4n) is 1.58. The van der Waals surface area contributed by atoms with Crippen molar-refractivity contribution in [3.63, 3.8) is 0 Å². The van der Waals surface area contributed by atoms with Gasteiger partial charge in [0.25, 0.3) is 0 Å². The van der Waals surface area contributed by atoms with E-state index in [2.05, 4.69) is 31.9 Å². The molecule has 1 aromatic heterocycles. The smallest absolute Gasteiger partial charge is 0.137 e. The van der Waals surface area contributed by atoms with E-state index in [0.29, 0.717) is 10.9 Å². The van der Waals surface area contributed by atoms with Gasteiger partial charge in [0.05, 0.1) is 8.26 Å². The van der Waals surface area contributed by atoms with Gasteiger partial charge in [0, 0.05) is 6.04 Å². The summed E-state index contributed by atoms with van der Waals surface area (Å²) in [5.74, 6) is -0.249. The molecule has 1 heterocycles. The summed E-state index contributed by atoms with van der Waals surface area (Å²) >= 11 is 8.26. The largest absolute Gasteiger partial charge is 0.324 e. The van der Waals surface area contributed by atoms with Gasteiger partial charge in [0.2, 0.25) is 0 Å². The van der Waals surface area contributed by atoms with Crippen LogP contribution in [0.25, 0.3) is 0 Å². The molecular weight excluding hydrogens is 369 g/mol. The molecule has 1 aromatic carbocycles. The predicted octanol–water partition coefficient (Wildman–Crippen LogP) is 4.65. The summed E-state index contributed by atoms with van der Waals surface area (Å²) in [4.78, 5) is 0. The van der Waals surface area contributed by atoms with Crippen LogP contribution in [0.1, 0.15) is 17.2 Å². The van der Waals surface area contributed by atoms with Crippen LogP contribution in [-0.4, -0.2) is 0 Å². The third-order valence-corrected chi connectivity index (χ3v) is 4.90. The van der Waals surface area contributed by atoms with E-state index in [9.17, 15) is 4.39 Å². The maximum Gasteiger partial charge on any atom is 0.137 e. The van der Waals surface area contributed by atoms with Crippen LogP contribution in [0.2, 0.25) is 0 Å². The molecule has 0 radical (unpaired) electrons. The van der Waals surface area contributed by atoms with Crippen LogP contribution in [0.4, 0.5) is 4.39 Å². The normalized spacial score (nSPS) is 12.7. The average Bonchev–Trinajstić information content (AvgIpc) is 2.72. The fourth-order valence-corrected chi connectivity index (χ4v) is 3.25. The Morgan fingerprint density at radius 2 is 2.12 bits per heavy atom. The zero-order chi connectivity index (χ0) is 12.4. The Labute approximate surface area is 120 Å². The highest BCUT2D eigenvalue weighted by molar-refractivity contribution is 9.11. The number of hydrogen-bond donors (Lipinski definition) is 1. The molecule has 1 atom stereocenters. The molecule has 1 unspecified atom stereocenters. The Kier molecular flexibility index (Phi) is 4.36. The first kappa shape index (κ1) is 13.2. The lowest BCUT2D eigenvalue weighted by atomic mass is 10.0. The molecule has 17 heavy (non-hydrogen) atoms. The number of benzene rings is 1. The van der Waals surface area contributed by atoms with Crippen molar-refractivity contribution in [1.82, 2.24) is 0 Å². The third-order valence-electron chi connectivity index (χ3n) is 2.49. The number of thiophene rings is 1. The van der Waals surface area contributed by atoms with Gasteiger partial charge in [0.15, 0.2) is 0 Å². The maximum atomic E-state index is 13.3. The lowest BCUT2D eigenvalue weighted by Gasteiger charge is -2.11. The Balaban J connectivity index is 2.18. The molecule has 0 amide bonds. The van der Waals surface area contributed by atoms with E-state index in [0.717, 1.165) is 14.9 Å². The molecule has 0 bridgehead atoms. The van der Waals surface area contributed by atoms with Crippen molar-refractivity contribution in [3.8, 4) is 0 Å². The molecule has 1 nitrogen and oxygen atoms in total. The summed E-state index contributed by atoms with van der Waals surface area (Å²) in [7, 11) is 0. The molecule has 2 N–H and O–H groups in total. The Morgan fingerprint density at radius 1 is 1.35 bits per heavy atom. The second-order valence-electron chi connectivity index (χ2n) is 3.71. The quantitative estimate of drug-likeness (QED) is 0.826. The van der Waals surface area contributed by atoms with Gasteiger partial charge in [-0.05, 0) is 66.9 Å². The predicted molar refractivity (Wildman–Crippen MR) is 76.8 cm³/mol. The molecule has 5 heteroatoms. The Hall–Kier alpha value is -0.230. The zero-order valence-electron chi connectivity index (χ0n) is 8.79. The van der Waals surface area contributed by atoms with Crippen LogP contribution in [0.5, 0.6) is 0 Å². The van der Waals surface area contributed by atoms with E-state index in [1.807, 2.05) is 17.5 Å². The van der Waals surface area contributed by atoms with E-state index in [4.69, 9.17) is 5.73 Å². The van der Waals surface area contributed by atoms with Crippen molar-refractivity contribution in [3.05, 3.63) is 54.8 Å². The van der Waals surface area contributed by atoms with E-state index in [-0.39, 0.29) is 11.9 Å². The SMILES string of the molecule is NC(Cc1cccc(F)c1Br)c1csc(Br)c1. The van der Waals surface area contributed by atoms with E-state index >= 15 is 0 Å². The molecular formula is C12H10Br2FNS. The van der Waals surface area contributed by atoms with Gasteiger partial charge in [-0.3, -0.25) is 0 Å². The molecule has 0 aliphatic rings. The number of nitrogens with two attached hydrogens (primary N) is 1. The van der Waals surface area contributed by atoms with Crippen molar-refractivity contribution in [1.29, 1.82) is 0 Å². The molecule has 0 aliphatic carbocycles. The first-order valence-corrected chi connectivity index (χ1v) is 7.47. The number of halogens is 3. The molecule has 2 rings (SSSR count). The standard InChI is InChI=1S/C12H10Br2FNS/c13-11-5-8(6-17-11)10(16)4-7-2-1-3-9(15)12(7)14/h1-3,5-6,10H,4,16H2. The van der Waals surface area contributed by atoms with Gasteiger partial charge in [-0.25, -0.2) is 4.39 Å². The van der Waals surface area contributed by atoms with Crippen LogP contribution in [-0.2, 0) is 6.42 Å². The summed E-state index contributed by atoms with van der Waals surface area (Å²) in [6.07, 6.45) is 0.613. The molecule has 90 valence electrons. The monoisotopic (exact) mass is 377 g/mol. The van der Waals surface area contributed by atoms with Crippen molar-refractivity contribution in [2.75, 3.05) is 0 Å². The fraction of sp³-hybridized carbons (Fsp3) is 0.167. The minimum Gasteiger partial charge on any atom is -0.324 e. The summed E-state index contributed by atoms with van der Waals surface area (Å²) in [6, 6.07) is 6.90. The Bertz CT molecular complexity index is 527. The average molecular weight is 379 g/mol. The Morgan fingerprint density at radius 3 is 2.76 bits per heavy atom. The van der Waals surface area contributed by atoms with Crippen molar-refractivity contribution < 1.29 is 4.39 Å². The highest BCUT2D eigenvalue weighted by Gasteiger charge is 2.12. The zero-order valence-corrected chi connectivity index (χ0v) is 12.8. The van der Waals surface area contributed by atoms with E-state index in [1.165, 1.54) is 6.07 Å². The number of hydrogen-bond acceptors (Lipinski definition) is 2. The van der Waals surface area contributed by atoms with E-state index in [1.54, 1.807) is 17.4 Å². The minimum atomic E-state index is -0.249. The van der Waals surface area contributed by atoms with Crippen molar-refractivity contribution in [2.45, 2.75) is 12.5 Å². The minimum absolute atomic E-state index is 0.115. The van der Waals surface area contributed by atoms with Gasteiger partial charge in [-0.15, -0.1) is 11.3 Å². The van der Waals surface area contributed by atoms with Crippen LogP contribution in [0.3, 0.4) is 0 Å². The van der Waals surface area contributed by atoms with Gasteiger partial charge in [-0.2, -0.15) is 0 Å². The molecule has 0 saturated heterocycles. The van der Waals surface area contributed by atoms with Crippen molar-refractivity contribution >= 4 is 43.2 Å². The summed E-state index contributed by atoms with van der Waals surface area (Å²) < 4.78 is 14.9. The highest BCUT2D eigenvalue weighted by Crippen LogP contribution is 2.28. The van der Waals surface area contributed by atoms with Gasteiger partial charge < -0.3 is 5.73 Å². The van der Waals surface area contributed by atoms with E-state index < -0.39 is 0 Å². The second kappa shape index (κ2) is 5.61. The lowest BCUT2D eigenvalue weighted by molar-refractivity contribution is 0.614. The van der Waals surface area contributed by atoms with Gasteiger partial charge in [0.1, 0.15) is 5.82 Å². The van der Waals surface area contributed by atoms with Crippen LogP contribution in [0, 0.1) is 5.82 Å².